The molecule has 1 rings (SSSR count). The van der Waals surface area contributed by atoms with Crippen molar-refractivity contribution in [2.75, 3.05) is 25.4 Å². The second-order valence-corrected chi connectivity index (χ2v) is 7.07. The van der Waals surface area contributed by atoms with Gasteiger partial charge in [0.05, 0.1) is 17.1 Å². The van der Waals surface area contributed by atoms with Gasteiger partial charge in [-0.2, -0.15) is 0 Å². The number of hydrogen-bond acceptors (Lipinski definition) is 4. The molecule has 102 valence electrons. The van der Waals surface area contributed by atoms with Gasteiger partial charge >= 0.3 is 0 Å². The highest BCUT2D eigenvalue weighted by atomic mass is 32.2. The molecule has 2 unspecified atom stereocenters. The third-order valence-electron chi connectivity index (χ3n) is 3.29. The quantitative estimate of drug-likeness (QED) is 0.672. The van der Waals surface area contributed by atoms with E-state index >= 15 is 0 Å². The summed E-state index contributed by atoms with van der Waals surface area (Å²) in [6.07, 6.45) is 4.03. The Balaban J connectivity index is 2.21. The highest BCUT2D eigenvalue weighted by molar-refractivity contribution is 7.92. The maximum atomic E-state index is 12.0. The Bertz CT molecular complexity index is 303. The molecule has 1 aliphatic heterocycles. The van der Waals surface area contributed by atoms with Gasteiger partial charge in [-0.25, -0.2) is 8.42 Å². The summed E-state index contributed by atoms with van der Waals surface area (Å²) in [5.41, 5.74) is 0. The van der Waals surface area contributed by atoms with E-state index in [1.807, 2.05) is 6.92 Å². The van der Waals surface area contributed by atoms with E-state index < -0.39 is 9.84 Å². The van der Waals surface area contributed by atoms with Crippen LogP contribution in [-0.4, -0.2) is 45.2 Å². The summed E-state index contributed by atoms with van der Waals surface area (Å²) in [7, 11) is -2.99. The van der Waals surface area contributed by atoms with Crippen LogP contribution in [0.5, 0.6) is 0 Å². The summed E-state index contributed by atoms with van der Waals surface area (Å²) >= 11 is 0. The summed E-state index contributed by atoms with van der Waals surface area (Å²) < 4.78 is 29.3. The number of ether oxygens (including phenoxy) is 1. The minimum atomic E-state index is -2.99. The van der Waals surface area contributed by atoms with Crippen molar-refractivity contribution in [2.45, 2.75) is 50.9 Å². The molecule has 1 fully saturated rings. The number of hydrogen-bond donors (Lipinski definition) is 1. The smallest absolute Gasteiger partial charge is 0.157 e. The number of nitrogens with one attached hydrogen (secondary N) is 1. The minimum absolute atomic E-state index is 0.139. The molecule has 17 heavy (non-hydrogen) atoms. The third-order valence-corrected chi connectivity index (χ3v) is 5.60. The average Bonchev–Trinajstić information content (AvgIpc) is 2.70. The molecular weight excluding hydrogens is 238 g/mol. The highest BCUT2D eigenvalue weighted by Crippen LogP contribution is 2.21. The Morgan fingerprint density at radius 1 is 1.29 bits per heavy atom. The van der Waals surface area contributed by atoms with Gasteiger partial charge in [-0.15, -0.1) is 0 Å². The lowest BCUT2D eigenvalue weighted by atomic mass is 10.2. The van der Waals surface area contributed by atoms with E-state index in [0.717, 1.165) is 13.0 Å². The maximum Gasteiger partial charge on any atom is 0.157 e. The lowest BCUT2D eigenvalue weighted by Crippen LogP contribution is -2.34. The summed E-state index contributed by atoms with van der Waals surface area (Å²) in [5.74, 6) is 0.234. The third kappa shape index (κ3) is 4.94. The van der Waals surface area contributed by atoms with Crippen LogP contribution in [0, 0.1) is 0 Å². The van der Waals surface area contributed by atoms with Crippen LogP contribution in [-0.2, 0) is 14.6 Å². The first kappa shape index (κ1) is 14.9. The number of unbranched alkanes of at least 4 members (excludes halogenated alkanes) is 2. The molecule has 1 N–H and O–H groups in total. The molecule has 0 saturated carbocycles. The SMILES string of the molecule is CCCCCNCCS(=O)(=O)C1CCOC1C. The molecule has 2 atom stereocenters. The van der Waals surface area contributed by atoms with Crippen molar-refractivity contribution in [3.8, 4) is 0 Å². The zero-order chi connectivity index (χ0) is 12.7. The van der Waals surface area contributed by atoms with Crippen LogP contribution >= 0.6 is 0 Å². The van der Waals surface area contributed by atoms with Crippen LogP contribution < -0.4 is 5.32 Å². The van der Waals surface area contributed by atoms with Gasteiger partial charge in [0.1, 0.15) is 0 Å². The predicted molar refractivity (Wildman–Crippen MR) is 70.0 cm³/mol. The average molecular weight is 263 g/mol. The zero-order valence-electron chi connectivity index (χ0n) is 10.9. The van der Waals surface area contributed by atoms with Gasteiger partial charge < -0.3 is 10.1 Å². The van der Waals surface area contributed by atoms with Crippen molar-refractivity contribution in [2.24, 2.45) is 0 Å². The number of sulfone groups is 1. The largest absolute Gasteiger partial charge is 0.377 e. The highest BCUT2D eigenvalue weighted by Gasteiger charge is 2.34. The van der Waals surface area contributed by atoms with Gasteiger partial charge in [0.25, 0.3) is 0 Å². The van der Waals surface area contributed by atoms with Crippen molar-refractivity contribution in [3.63, 3.8) is 0 Å². The minimum Gasteiger partial charge on any atom is -0.377 e. The maximum absolute atomic E-state index is 12.0. The Labute approximate surface area is 105 Å². The fourth-order valence-electron chi connectivity index (χ4n) is 2.17. The second-order valence-electron chi connectivity index (χ2n) is 4.73. The summed E-state index contributed by atoms with van der Waals surface area (Å²) in [4.78, 5) is 0. The van der Waals surface area contributed by atoms with E-state index in [-0.39, 0.29) is 17.1 Å². The molecule has 0 spiro atoms. The molecule has 4 nitrogen and oxygen atoms in total. The molecule has 5 heteroatoms. The van der Waals surface area contributed by atoms with Gasteiger partial charge in [0, 0.05) is 13.2 Å². The molecule has 0 aromatic carbocycles. The van der Waals surface area contributed by atoms with Crippen molar-refractivity contribution < 1.29 is 13.2 Å². The topological polar surface area (TPSA) is 55.4 Å². The van der Waals surface area contributed by atoms with Crippen LogP contribution in [0.15, 0.2) is 0 Å². The first-order chi connectivity index (χ1) is 8.08. The van der Waals surface area contributed by atoms with Gasteiger partial charge in [0.15, 0.2) is 9.84 Å². The van der Waals surface area contributed by atoms with Crippen LogP contribution in [0.2, 0.25) is 0 Å². The second kappa shape index (κ2) is 7.34. The molecule has 0 amide bonds. The van der Waals surface area contributed by atoms with Crippen LogP contribution in [0.25, 0.3) is 0 Å². The van der Waals surface area contributed by atoms with Crippen molar-refractivity contribution in [1.29, 1.82) is 0 Å². The standard InChI is InChI=1S/C12H25NO3S/c1-3-4-5-7-13-8-10-17(14,15)12-6-9-16-11(12)2/h11-13H,3-10H2,1-2H3. The van der Waals surface area contributed by atoms with E-state index in [2.05, 4.69) is 12.2 Å². The fraction of sp³-hybridized carbons (Fsp3) is 1.00. The summed E-state index contributed by atoms with van der Waals surface area (Å²) in [5, 5.41) is 2.90. The predicted octanol–water partition coefficient (Wildman–Crippen LogP) is 1.36. The molecule has 0 radical (unpaired) electrons. The molecule has 1 heterocycles. The fourth-order valence-corrected chi connectivity index (χ4v) is 4.02. The van der Waals surface area contributed by atoms with Gasteiger partial charge in [-0.3, -0.25) is 0 Å². The van der Waals surface area contributed by atoms with E-state index in [9.17, 15) is 8.42 Å². The summed E-state index contributed by atoms with van der Waals surface area (Å²) in [6, 6.07) is 0. The van der Waals surface area contributed by atoms with E-state index in [1.54, 1.807) is 0 Å². The Morgan fingerprint density at radius 2 is 2.06 bits per heavy atom. The Hall–Kier alpha value is -0.130. The Kier molecular flexibility index (Phi) is 6.44. The van der Waals surface area contributed by atoms with Crippen LogP contribution in [0.4, 0.5) is 0 Å². The van der Waals surface area contributed by atoms with E-state index in [0.29, 0.717) is 19.6 Å². The molecule has 0 aromatic rings. The zero-order valence-corrected chi connectivity index (χ0v) is 11.8. The molecule has 0 aliphatic carbocycles. The molecule has 1 aliphatic rings. The number of rotatable bonds is 8. The van der Waals surface area contributed by atoms with Crippen LogP contribution in [0.1, 0.15) is 39.5 Å². The first-order valence-corrected chi connectivity index (χ1v) is 8.33. The normalized spacial score (nSPS) is 25.3. The lowest BCUT2D eigenvalue weighted by Gasteiger charge is -2.15. The Morgan fingerprint density at radius 3 is 2.65 bits per heavy atom. The van der Waals surface area contributed by atoms with Gasteiger partial charge in [0.2, 0.25) is 0 Å². The van der Waals surface area contributed by atoms with Crippen LogP contribution in [0.3, 0.4) is 0 Å². The van der Waals surface area contributed by atoms with E-state index in [4.69, 9.17) is 4.74 Å². The lowest BCUT2D eigenvalue weighted by molar-refractivity contribution is 0.126. The van der Waals surface area contributed by atoms with Crippen molar-refractivity contribution in [1.82, 2.24) is 5.32 Å². The summed E-state index contributed by atoms with van der Waals surface area (Å²) in [6.45, 7) is 6.07. The molecule has 0 aromatic heterocycles. The van der Waals surface area contributed by atoms with Crippen molar-refractivity contribution >= 4 is 9.84 Å². The van der Waals surface area contributed by atoms with Crippen molar-refractivity contribution in [3.05, 3.63) is 0 Å². The van der Waals surface area contributed by atoms with Gasteiger partial charge in [-0.05, 0) is 26.3 Å². The van der Waals surface area contributed by atoms with Gasteiger partial charge in [-0.1, -0.05) is 19.8 Å². The monoisotopic (exact) mass is 263 g/mol. The molecule has 0 bridgehead atoms. The molecular formula is C12H25NO3S. The van der Waals surface area contributed by atoms with E-state index in [1.165, 1.54) is 12.8 Å². The first-order valence-electron chi connectivity index (χ1n) is 6.62. The molecule has 1 saturated heterocycles.